The van der Waals surface area contributed by atoms with Crippen LogP contribution in [-0.4, -0.2) is 17.6 Å². The minimum Gasteiger partial charge on any atom is -0.465 e. The lowest BCUT2D eigenvalue weighted by molar-refractivity contribution is -0.148. The number of nitrogens with zero attached hydrogens (tertiary/aromatic N) is 1. The molecule has 1 saturated carbocycles. The Labute approximate surface area is 125 Å². The maximum absolute atomic E-state index is 12.0. The highest BCUT2D eigenvalue weighted by Gasteiger charge is 2.35. The van der Waals surface area contributed by atoms with E-state index in [-0.39, 0.29) is 5.97 Å². The summed E-state index contributed by atoms with van der Waals surface area (Å²) in [5.74, 6) is 1.26. The first-order chi connectivity index (χ1) is 9.48. The number of carbonyl (C=O) groups excluding carboxylic acids is 1. The minimum absolute atomic E-state index is 0.185. The highest BCUT2D eigenvalue weighted by atomic mass is 32.1. The van der Waals surface area contributed by atoms with E-state index in [1.165, 1.54) is 30.7 Å². The Bertz CT molecular complexity index is 467. The van der Waals surface area contributed by atoms with E-state index >= 15 is 0 Å². The fourth-order valence-corrected chi connectivity index (χ4v) is 3.99. The van der Waals surface area contributed by atoms with Gasteiger partial charge in [0.1, 0.15) is 5.41 Å². The third kappa shape index (κ3) is 3.05. The fourth-order valence-electron chi connectivity index (χ4n) is 2.85. The molecule has 1 aliphatic carbocycles. The molecule has 0 amide bonds. The number of carbonyl (C=O) groups is 1. The Morgan fingerprint density at radius 3 is 2.80 bits per heavy atom. The summed E-state index contributed by atoms with van der Waals surface area (Å²) in [6, 6.07) is 0. The number of hydrogen-bond donors (Lipinski definition) is 0. The lowest BCUT2D eigenvalue weighted by Gasteiger charge is -2.19. The van der Waals surface area contributed by atoms with Gasteiger partial charge >= 0.3 is 5.97 Å². The number of ether oxygens (including phenoxy) is 1. The van der Waals surface area contributed by atoms with Crippen molar-refractivity contribution in [2.75, 3.05) is 6.61 Å². The molecule has 2 unspecified atom stereocenters. The molecular formula is C16H25NO2S. The van der Waals surface area contributed by atoms with Crippen LogP contribution in [0.15, 0.2) is 5.38 Å². The van der Waals surface area contributed by atoms with Crippen LogP contribution in [0.2, 0.25) is 0 Å². The van der Waals surface area contributed by atoms with Crippen molar-refractivity contribution < 1.29 is 9.53 Å². The predicted molar refractivity (Wildman–Crippen MR) is 82.1 cm³/mol. The van der Waals surface area contributed by atoms with Gasteiger partial charge in [-0.3, -0.25) is 4.79 Å². The van der Waals surface area contributed by atoms with Gasteiger partial charge in [-0.1, -0.05) is 13.3 Å². The Kier molecular flexibility index (Phi) is 4.84. The molecule has 0 aliphatic heterocycles. The predicted octanol–water partition coefficient (Wildman–Crippen LogP) is 4.28. The normalized spacial score (nSPS) is 23.0. The van der Waals surface area contributed by atoms with Crippen LogP contribution in [-0.2, 0) is 14.9 Å². The molecule has 0 saturated heterocycles. The fraction of sp³-hybridized carbons (Fsp3) is 0.750. The summed E-state index contributed by atoms with van der Waals surface area (Å²) >= 11 is 1.70. The number of aromatic nitrogens is 1. The average molecular weight is 295 g/mol. The Hall–Kier alpha value is -0.900. The van der Waals surface area contributed by atoms with E-state index in [1.807, 2.05) is 26.2 Å². The Morgan fingerprint density at radius 2 is 2.20 bits per heavy atom. The van der Waals surface area contributed by atoms with Crippen LogP contribution in [0.25, 0.3) is 0 Å². The van der Waals surface area contributed by atoms with Gasteiger partial charge in [0, 0.05) is 11.3 Å². The van der Waals surface area contributed by atoms with E-state index in [0.717, 1.165) is 11.6 Å². The van der Waals surface area contributed by atoms with Gasteiger partial charge in [0.05, 0.1) is 17.3 Å². The summed E-state index contributed by atoms with van der Waals surface area (Å²) in [7, 11) is 0. The molecule has 0 bridgehead atoms. The maximum Gasteiger partial charge on any atom is 0.317 e. The number of esters is 1. The molecule has 1 aromatic heterocycles. The van der Waals surface area contributed by atoms with Gasteiger partial charge in [-0.05, 0) is 46.0 Å². The minimum atomic E-state index is -0.645. The van der Waals surface area contributed by atoms with Gasteiger partial charge in [0.15, 0.2) is 0 Å². The first kappa shape index (κ1) is 15.5. The summed E-state index contributed by atoms with van der Waals surface area (Å²) in [5.41, 5.74) is 0.212. The molecule has 20 heavy (non-hydrogen) atoms. The second-order valence-corrected chi connectivity index (χ2v) is 7.09. The zero-order chi connectivity index (χ0) is 14.8. The molecule has 0 spiro atoms. The van der Waals surface area contributed by atoms with Crippen LogP contribution in [0.3, 0.4) is 0 Å². The second-order valence-electron chi connectivity index (χ2n) is 6.20. The second kappa shape index (κ2) is 6.25. The van der Waals surface area contributed by atoms with Gasteiger partial charge in [-0.25, -0.2) is 4.98 Å². The Morgan fingerprint density at radius 1 is 1.45 bits per heavy atom. The lowest BCUT2D eigenvalue weighted by atomic mass is 9.90. The molecule has 1 fully saturated rings. The third-order valence-electron chi connectivity index (χ3n) is 4.42. The molecular weight excluding hydrogens is 270 g/mol. The van der Waals surface area contributed by atoms with Crippen LogP contribution in [0.4, 0.5) is 0 Å². The molecule has 1 aliphatic rings. The first-order valence-corrected chi connectivity index (χ1v) is 8.50. The van der Waals surface area contributed by atoms with Crippen LogP contribution in [0.5, 0.6) is 0 Å². The molecule has 3 nitrogen and oxygen atoms in total. The number of hydrogen-bond acceptors (Lipinski definition) is 4. The van der Waals surface area contributed by atoms with Crippen LogP contribution >= 0.6 is 11.3 Å². The van der Waals surface area contributed by atoms with Crippen LogP contribution in [0.1, 0.15) is 70.0 Å². The van der Waals surface area contributed by atoms with Crippen molar-refractivity contribution in [3.63, 3.8) is 0 Å². The molecule has 2 rings (SSSR count). The third-order valence-corrected chi connectivity index (χ3v) is 5.42. The largest absolute Gasteiger partial charge is 0.465 e. The maximum atomic E-state index is 12.0. The highest BCUT2D eigenvalue weighted by Crippen LogP contribution is 2.41. The first-order valence-electron chi connectivity index (χ1n) is 7.62. The molecule has 0 radical (unpaired) electrons. The lowest BCUT2D eigenvalue weighted by Crippen LogP contribution is -2.31. The van der Waals surface area contributed by atoms with Gasteiger partial charge in [0.25, 0.3) is 0 Å². The number of thiazole rings is 1. The smallest absolute Gasteiger partial charge is 0.317 e. The summed E-state index contributed by atoms with van der Waals surface area (Å²) in [5, 5.41) is 3.24. The van der Waals surface area contributed by atoms with Crippen molar-refractivity contribution in [2.24, 2.45) is 5.92 Å². The number of rotatable bonds is 5. The van der Waals surface area contributed by atoms with E-state index in [4.69, 9.17) is 9.72 Å². The summed E-state index contributed by atoms with van der Waals surface area (Å²) in [6.45, 7) is 8.31. The van der Waals surface area contributed by atoms with Gasteiger partial charge < -0.3 is 4.74 Å². The zero-order valence-electron chi connectivity index (χ0n) is 12.9. The van der Waals surface area contributed by atoms with Crippen molar-refractivity contribution in [1.82, 2.24) is 4.98 Å². The average Bonchev–Trinajstić information content (AvgIpc) is 3.07. The van der Waals surface area contributed by atoms with Crippen molar-refractivity contribution in [1.29, 1.82) is 0 Å². The Balaban J connectivity index is 2.11. The summed E-state index contributed by atoms with van der Waals surface area (Å²) < 4.78 is 5.16. The quantitative estimate of drug-likeness (QED) is 0.761. The molecule has 0 aromatic carbocycles. The van der Waals surface area contributed by atoms with E-state index in [9.17, 15) is 4.79 Å². The standard InChI is InChI=1S/C16H25NO2S/c1-5-11-7-8-12(9-11)14-17-13(10-20-14)16(3,4)15(18)19-6-2/h10-12H,5-9H2,1-4H3. The van der Waals surface area contributed by atoms with Crippen molar-refractivity contribution in [2.45, 2.75) is 64.7 Å². The van der Waals surface area contributed by atoms with Crippen molar-refractivity contribution >= 4 is 17.3 Å². The van der Waals surface area contributed by atoms with Crippen molar-refractivity contribution in [3.8, 4) is 0 Å². The van der Waals surface area contributed by atoms with Crippen molar-refractivity contribution in [3.05, 3.63) is 16.1 Å². The van der Waals surface area contributed by atoms with Crippen LogP contribution in [0, 0.1) is 5.92 Å². The van der Waals surface area contributed by atoms with E-state index in [0.29, 0.717) is 12.5 Å². The SMILES string of the molecule is CCOC(=O)C(C)(C)c1csc(C2CCC(CC)C2)n1. The molecule has 1 heterocycles. The monoisotopic (exact) mass is 295 g/mol. The topological polar surface area (TPSA) is 39.2 Å². The molecule has 2 atom stereocenters. The highest BCUT2D eigenvalue weighted by molar-refractivity contribution is 7.09. The van der Waals surface area contributed by atoms with Gasteiger partial charge in [-0.15, -0.1) is 11.3 Å². The molecule has 4 heteroatoms. The van der Waals surface area contributed by atoms with E-state index in [1.54, 1.807) is 11.3 Å². The zero-order valence-corrected chi connectivity index (χ0v) is 13.8. The van der Waals surface area contributed by atoms with Gasteiger partial charge in [0.2, 0.25) is 0 Å². The van der Waals surface area contributed by atoms with E-state index in [2.05, 4.69) is 6.92 Å². The molecule has 112 valence electrons. The van der Waals surface area contributed by atoms with Crippen LogP contribution < -0.4 is 0 Å². The van der Waals surface area contributed by atoms with E-state index < -0.39 is 5.41 Å². The van der Waals surface area contributed by atoms with Gasteiger partial charge in [-0.2, -0.15) is 0 Å². The summed E-state index contributed by atoms with van der Waals surface area (Å²) in [4.78, 5) is 16.8. The molecule has 0 N–H and O–H groups in total. The summed E-state index contributed by atoms with van der Waals surface area (Å²) in [6.07, 6.45) is 5.08. The molecule has 1 aromatic rings.